The van der Waals surface area contributed by atoms with E-state index in [2.05, 4.69) is 25.6 Å². The Morgan fingerprint density at radius 1 is 1.23 bits per heavy atom. The van der Waals surface area contributed by atoms with Crippen LogP contribution in [0.4, 0.5) is 25.3 Å². The first-order valence-corrected chi connectivity index (χ1v) is 13.0. The lowest BCUT2D eigenvalue weighted by atomic mass is 9.74. The number of likely N-dealkylation sites (tertiary alicyclic amines) is 1. The van der Waals surface area contributed by atoms with Gasteiger partial charge in [-0.1, -0.05) is 23.7 Å². The molecule has 1 aromatic carbocycles. The van der Waals surface area contributed by atoms with E-state index >= 15 is 4.39 Å². The number of halogens is 3. The molecule has 10 nitrogen and oxygen atoms in total. The number of hydrogen-bond donors (Lipinski definition) is 3. The zero-order chi connectivity index (χ0) is 28.8. The predicted octanol–water partition coefficient (Wildman–Crippen LogP) is 3.35. The van der Waals surface area contributed by atoms with Crippen LogP contribution in [0, 0.1) is 11.6 Å². The lowest BCUT2D eigenvalue weighted by Gasteiger charge is -2.42. The molecule has 210 valence electrons. The van der Waals surface area contributed by atoms with Crippen LogP contribution in [0.25, 0.3) is 0 Å². The number of nitrogens with zero attached hydrogens (tertiary/aromatic N) is 5. The Bertz CT molecular complexity index is 1480. The number of rotatable bonds is 6. The Kier molecular flexibility index (Phi) is 7.09. The van der Waals surface area contributed by atoms with E-state index < -0.39 is 28.5 Å². The molecule has 2 aliphatic heterocycles. The summed E-state index contributed by atoms with van der Waals surface area (Å²) in [4.78, 5) is 41.7. The number of fused-ring (bicyclic) bond motifs is 1. The fourth-order valence-corrected chi connectivity index (χ4v) is 5.03. The van der Waals surface area contributed by atoms with Crippen molar-refractivity contribution in [3.05, 3.63) is 76.2 Å². The van der Waals surface area contributed by atoms with Crippen LogP contribution >= 0.6 is 11.6 Å². The highest BCUT2D eigenvalue weighted by Gasteiger charge is 2.46. The predicted molar refractivity (Wildman–Crippen MR) is 144 cm³/mol. The topological polar surface area (TPSA) is 124 Å². The second-order valence-corrected chi connectivity index (χ2v) is 11.2. The van der Waals surface area contributed by atoms with Crippen LogP contribution in [-0.4, -0.2) is 74.7 Å². The Labute approximate surface area is 234 Å². The first-order chi connectivity index (χ1) is 18.9. The summed E-state index contributed by atoms with van der Waals surface area (Å²) in [5, 5.41) is 15.2. The summed E-state index contributed by atoms with van der Waals surface area (Å²) in [7, 11) is 0. The van der Waals surface area contributed by atoms with Gasteiger partial charge in [-0.2, -0.15) is 0 Å². The molecule has 2 aliphatic rings. The molecule has 0 spiro atoms. The zero-order valence-electron chi connectivity index (χ0n) is 22.1. The molecule has 5 rings (SSSR count). The van der Waals surface area contributed by atoms with Crippen molar-refractivity contribution in [3.8, 4) is 0 Å². The molecule has 13 heteroatoms. The van der Waals surface area contributed by atoms with Crippen molar-refractivity contribution in [2.45, 2.75) is 37.8 Å². The molecule has 3 N–H and O–H groups in total. The highest BCUT2D eigenvalue weighted by atomic mass is 35.5. The minimum atomic E-state index is -1.25. The van der Waals surface area contributed by atoms with E-state index in [-0.39, 0.29) is 58.8 Å². The number of pyridine rings is 1. The molecule has 40 heavy (non-hydrogen) atoms. The highest BCUT2D eigenvalue weighted by molar-refractivity contribution is 6.30. The summed E-state index contributed by atoms with van der Waals surface area (Å²) in [6, 6.07) is 6.70. The number of anilines is 2. The molecule has 1 saturated heterocycles. The molecule has 3 amide bonds. The van der Waals surface area contributed by atoms with Crippen LogP contribution in [-0.2, 0) is 5.41 Å². The summed E-state index contributed by atoms with van der Waals surface area (Å²) in [5.74, 6) is -1.94. The van der Waals surface area contributed by atoms with Crippen LogP contribution in [0.15, 0.2) is 42.7 Å². The Balaban J connectivity index is 1.46. The van der Waals surface area contributed by atoms with Gasteiger partial charge < -0.3 is 20.6 Å². The quantitative estimate of drug-likeness (QED) is 0.414. The summed E-state index contributed by atoms with van der Waals surface area (Å²) < 4.78 is 30.2. The number of carbonyl (C=O) groups is 2. The van der Waals surface area contributed by atoms with Crippen molar-refractivity contribution in [3.63, 3.8) is 0 Å². The maximum absolute atomic E-state index is 15.4. The number of hydrogen-bond acceptors (Lipinski definition) is 7. The van der Waals surface area contributed by atoms with Crippen molar-refractivity contribution < 1.29 is 23.5 Å². The number of carbonyl (C=O) groups excluding carboxylic acids is 2. The van der Waals surface area contributed by atoms with Gasteiger partial charge in [0.2, 0.25) is 5.95 Å². The molecule has 0 aliphatic carbocycles. The van der Waals surface area contributed by atoms with Gasteiger partial charge in [0.15, 0.2) is 11.6 Å². The summed E-state index contributed by atoms with van der Waals surface area (Å²) in [5.41, 5.74) is -1.50. The minimum absolute atomic E-state index is 0.0737. The van der Waals surface area contributed by atoms with E-state index in [0.717, 1.165) is 4.90 Å². The number of amides is 3. The Hall–Kier alpha value is -3.90. The SMILES string of the molecule is CC(C)(CO)NC(=O)N1CC(Nc2ncc3c(n2)[C@@](C)(c2cccc(Cl)c2F)CN(c2ncccc2F)C3=O)C1. The van der Waals surface area contributed by atoms with Gasteiger partial charge in [-0.25, -0.2) is 28.5 Å². The molecule has 3 aromatic rings. The van der Waals surface area contributed by atoms with Gasteiger partial charge in [-0.05, 0) is 39.0 Å². The van der Waals surface area contributed by atoms with Gasteiger partial charge in [-0.3, -0.25) is 9.69 Å². The van der Waals surface area contributed by atoms with Crippen LogP contribution in [0.5, 0.6) is 0 Å². The maximum Gasteiger partial charge on any atom is 0.318 e. The number of aromatic nitrogens is 3. The molecule has 2 aromatic heterocycles. The van der Waals surface area contributed by atoms with Crippen LogP contribution in [0.2, 0.25) is 5.02 Å². The number of urea groups is 1. The molecule has 0 saturated carbocycles. The van der Waals surface area contributed by atoms with E-state index in [1.807, 2.05) is 0 Å². The lowest BCUT2D eigenvalue weighted by Crippen LogP contribution is -2.62. The Morgan fingerprint density at radius 2 is 1.98 bits per heavy atom. The second-order valence-electron chi connectivity index (χ2n) is 10.8. The smallest absolute Gasteiger partial charge is 0.318 e. The third kappa shape index (κ3) is 4.92. The summed E-state index contributed by atoms with van der Waals surface area (Å²) in [6.07, 6.45) is 2.70. The number of aliphatic hydroxyl groups excluding tert-OH is 1. The van der Waals surface area contributed by atoms with Crippen molar-refractivity contribution >= 4 is 35.3 Å². The molecule has 0 unspecified atom stereocenters. The first kappa shape index (κ1) is 27.7. The molecular weight excluding hydrogens is 544 g/mol. The third-order valence-electron chi connectivity index (χ3n) is 7.14. The van der Waals surface area contributed by atoms with Gasteiger partial charge >= 0.3 is 6.03 Å². The van der Waals surface area contributed by atoms with Gasteiger partial charge in [-0.15, -0.1) is 0 Å². The molecule has 0 bridgehead atoms. The lowest BCUT2D eigenvalue weighted by molar-refractivity contribution is 0.0966. The van der Waals surface area contributed by atoms with Crippen molar-refractivity contribution in [2.24, 2.45) is 0 Å². The second kappa shape index (κ2) is 10.3. The van der Waals surface area contributed by atoms with Crippen molar-refractivity contribution in [1.29, 1.82) is 0 Å². The average Bonchev–Trinajstić information content (AvgIpc) is 2.89. The first-order valence-electron chi connectivity index (χ1n) is 12.6. The minimum Gasteiger partial charge on any atom is -0.394 e. The van der Waals surface area contributed by atoms with E-state index in [1.54, 1.807) is 37.8 Å². The highest BCUT2D eigenvalue weighted by Crippen LogP contribution is 2.42. The van der Waals surface area contributed by atoms with E-state index in [9.17, 15) is 19.1 Å². The summed E-state index contributed by atoms with van der Waals surface area (Å²) >= 11 is 6.12. The van der Waals surface area contributed by atoms with Crippen LogP contribution in [0.1, 0.15) is 42.4 Å². The molecule has 1 atom stereocenters. The van der Waals surface area contributed by atoms with Gasteiger partial charge in [0, 0.05) is 37.6 Å². The van der Waals surface area contributed by atoms with Crippen molar-refractivity contribution in [2.75, 3.05) is 36.5 Å². The average molecular weight is 572 g/mol. The van der Waals surface area contributed by atoms with Gasteiger partial charge in [0.25, 0.3) is 5.91 Å². The fourth-order valence-electron chi connectivity index (χ4n) is 4.85. The number of nitrogens with one attached hydrogen (secondary N) is 2. The van der Waals surface area contributed by atoms with Crippen LogP contribution in [0.3, 0.4) is 0 Å². The Morgan fingerprint density at radius 3 is 2.67 bits per heavy atom. The molecule has 1 fully saturated rings. The molecule has 4 heterocycles. The largest absolute Gasteiger partial charge is 0.394 e. The zero-order valence-corrected chi connectivity index (χ0v) is 22.8. The van der Waals surface area contributed by atoms with E-state index in [4.69, 9.17) is 11.6 Å². The monoisotopic (exact) mass is 571 g/mol. The third-order valence-corrected chi connectivity index (χ3v) is 7.44. The van der Waals surface area contributed by atoms with E-state index in [1.165, 1.54) is 30.6 Å². The van der Waals surface area contributed by atoms with Crippen LogP contribution < -0.4 is 15.5 Å². The van der Waals surface area contributed by atoms with E-state index in [0.29, 0.717) is 13.1 Å². The van der Waals surface area contributed by atoms with Gasteiger partial charge in [0.1, 0.15) is 5.82 Å². The summed E-state index contributed by atoms with van der Waals surface area (Å²) in [6.45, 7) is 5.50. The number of aliphatic hydroxyl groups is 1. The van der Waals surface area contributed by atoms with Crippen molar-refractivity contribution in [1.82, 2.24) is 25.2 Å². The molecule has 0 radical (unpaired) electrons. The van der Waals surface area contributed by atoms with Gasteiger partial charge in [0.05, 0.1) is 39.9 Å². The maximum atomic E-state index is 15.4. The fraction of sp³-hybridized carbons (Fsp3) is 0.370. The number of benzene rings is 1. The standard InChI is InChI=1S/C27H28ClF2N7O3/c1-26(2,14-38)35-25(40)36-11-15(12-36)33-24-32-10-16-21(34-24)27(3,17-6-4-7-18(28)20(17)30)13-37(23(16)39)22-19(29)8-5-9-31-22/h4-10,15,38H,11-14H2,1-3H3,(H,35,40)(H,32,33,34)/t27-/m1/s1. The molecular formula is C27H28ClF2N7O3. The normalized spacial score (nSPS) is 19.2.